The molecule has 0 saturated carbocycles. The molecule has 3 rings (SSSR count). The van der Waals surface area contributed by atoms with Crippen molar-refractivity contribution in [3.63, 3.8) is 0 Å². The van der Waals surface area contributed by atoms with E-state index in [0.717, 1.165) is 0 Å². The number of aromatic nitrogens is 3. The lowest BCUT2D eigenvalue weighted by Gasteiger charge is -2.22. The molecule has 1 saturated heterocycles. The van der Waals surface area contributed by atoms with Crippen LogP contribution < -0.4 is 5.73 Å². The smallest absolute Gasteiger partial charge is 0.231 e. The van der Waals surface area contributed by atoms with Gasteiger partial charge in [-0.15, -0.1) is 0 Å². The molecule has 1 unspecified atom stereocenters. The van der Waals surface area contributed by atoms with E-state index in [1.165, 1.54) is 23.0 Å². The number of halogens is 1. The van der Waals surface area contributed by atoms with Gasteiger partial charge in [0.05, 0.1) is 12.3 Å². The van der Waals surface area contributed by atoms with Crippen LogP contribution >= 0.6 is 0 Å². The monoisotopic (exact) mass is 293 g/mol. The third kappa shape index (κ3) is 1.70. The van der Waals surface area contributed by atoms with Gasteiger partial charge in [-0.05, 0) is 12.1 Å². The number of nitriles is 1. The molecule has 1 fully saturated rings. The van der Waals surface area contributed by atoms with Crippen LogP contribution in [0.1, 0.15) is 5.69 Å². The number of rotatable bonds is 2. The summed E-state index contributed by atoms with van der Waals surface area (Å²) in [5.41, 5.74) is 4.09. The molecule has 0 amide bonds. The molecule has 1 aliphatic heterocycles. The van der Waals surface area contributed by atoms with E-state index in [1.54, 1.807) is 6.07 Å². The molecule has 0 aromatic carbocycles. The van der Waals surface area contributed by atoms with Crippen LogP contribution in [0.2, 0.25) is 0 Å². The number of nitrogens with zero attached hydrogens (tertiary/aromatic N) is 4. The number of aliphatic hydroxyl groups is 2. The van der Waals surface area contributed by atoms with Crippen LogP contribution in [0.15, 0.2) is 18.5 Å². The molecule has 110 valence electrons. The van der Waals surface area contributed by atoms with Gasteiger partial charge in [0.2, 0.25) is 5.60 Å². The van der Waals surface area contributed by atoms with Crippen molar-refractivity contribution in [2.24, 2.45) is 0 Å². The molecule has 4 N–H and O–H groups in total. The van der Waals surface area contributed by atoms with Crippen LogP contribution in [0.3, 0.4) is 0 Å². The second kappa shape index (κ2) is 4.63. The minimum Gasteiger partial charge on any atom is -0.394 e. The summed E-state index contributed by atoms with van der Waals surface area (Å²) in [6.45, 7) is -0.606. The second-order valence-electron chi connectivity index (χ2n) is 4.74. The maximum atomic E-state index is 14.5. The zero-order chi connectivity index (χ0) is 15.2. The maximum Gasteiger partial charge on any atom is 0.231 e. The Kier molecular flexibility index (Phi) is 3.02. The summed E-state index contributed by atoms with van der Waals surface area (Å²) in [7, 11) is 0. The number of fused-ring (bicyclic) bond motifs is 1. The molecule has 4 atom stereocenters. The van der Waals surface area contributed by atoms with Gasteiger partial charge in [-0.1, -0.05) is 0 Å². The van der Waals surface area contributed by atoms with Crippen molar-refractivity contribution in [2.75, 3.05) is 12.3 Å². The molecule has 9 heteroatoms. The number of hydrogen-bond acceptors (Lipinski definition) is 7. The van der Waals surface area contributed by atoms with Crippen molar-refractivity contribution in [1.82, 2.24) is 14.6 Å². The van der Waals surface area contributed by atoms with Gasteiger partial charge in [0, 0.05) is 0 Å². The van der Waals surface area contributed by atoms with Crippen molar-refractivity contribution in [1.29, 1.82) is 5.26 Å². The molecule has 0 aliphatic carbocycles. The Hall–Kier alpha value is -2.28. The zero-order valence-corrected chi connectivity index (χ0v) is 10.7. The third-order valence-corrected chi connectivity index (χ3v) is 3.61. The number of alkyl halides is 1. The van der Waals surface area contributed by atoms with Crippen LogP contribution in [-0.2, 0) is 10.3 Å². The number of aliphatic hydroxyl groups excluding tert-OH is 2. The molecule has 1 aliphatic rings. The second-order valence-corrected chi connectivity index (χ2v) is 4.74. The molecule has 3 heterocycles. The fourth-order valence-electron chi connectivity index (χ4n) is 2.53. The molecule has 2 aromatic heterocycles. The normalized spacial score (nSPS) is 32.4. The van der Waals surface area contributed by atoms with Gasteiger partial charge in [-0.2, -0.15) is 10.4 Å². The standard InChI is InChI=1S/C12H12FN5O3/c13-10-9(20)7(3-19)21-12(10,4-14)8-2-1-6-11(15)16-5-17-18(6)8/h1-2,5,7,9-10,19-20H,3H2,(H2,15,16,17)/t7-,9?,10+,12+/m1/s1. The SMILES string of the molecule is N#C[C@@]1(c2ccc3c(N)ncnn23)O[C@H](CO)C(O)[C@@H]1F. The van der Waals surface area contributed by atoms with Gasteiger partial charge in [0.15, 0.2) is 12.0 Å². The van der Waals surface area contributed by atoms with Crippen LogP contribution in [0, 0.1) is 11.3 Å². The van der Waals surface area contributed by atoms with Gasteiger partial charge in [0.25, 0.3) is 0 Å². The van der Waals surface area contributed by atoms with Gasteiger partial charge in [-0.25, -0.2) is 13.9 Å². The average molecular weight is 293 g/mol. The lowest BCUT2D eigenvalue weighted by atomic mass is 9.94. The number of nitrogen functional groups attached to an aromatic ring is 1. The van der Waals surface area contributed by atoms with Crippen molar-refractivity contribution in [3.05, 3.63) is 24.2 Å². The topological polar surface area (TPSA) is 130 Å². The molecule has 21 heavy (non-hydrogen) atoms. The number of hydrogen-bond donors (Lipinski definition) is 3. The Morgan fingerprint density at radius 3 is 2.95 bits per heavy atom. The van der Waals surface area contributed by atoms with Crippen LogP contribution in [0.5, 0.6) is 0 Å². The first-order valence-electron chi connectivity index (χ1n) is 6.16. The summed E-state index contributed by atoms with van der Waals surface area (Å²) >= 11 is 0. The molecule has 0 bridgehead atoms. The van der Waals surface area contributed by atoms with E-state index in [0.29, 0.717) is 5.52 Å². The first-order valence-corrected chi connectivity index (χ1v) is 6.16. The van der Waals surface area contributed by atoms with E-state index >= 15 is 0 Å². The number of nitrogens with two attached hydrogens (primary N) is 1. The Labute approximate surface area is 118 Å². The van der Waals surface area contributed by atoms with Crippen molar-refractivity contribution in [3.8, 4) is 6.07 Å². The minimum atomic E-state index is -2.07. The summed E-state index contributed by atoms with van der Waals surface area (Å²) in [5, 5.41) is 32.3. The van der Waals surface area contributed by atoms with Gasteiger partial charge >= 0.3 is 0 Å². The van der Waals surface area contributed by atoms with Crippen LogP contribution in [-0.4, -0.2) is 49.8 Å². The zero-order valence-electron chi connectivity index (χ0n) is 10.7. The average Bonchev–Trinajstić information content (AvgIpc) is 3.03. The van der Waals surface area contributed by atoms with E-state index in [2.05, 4.69) is 10.1 Å². The van der Waals surface area contributed by atoms with Crippen molar-refractivity contribution >= 4 is 11.3 Å². The minimum absolute atomic E-state index is 0.0802. The van der Waals surface area contributed by atoms with Crippen LogP contribution in [0.25, 0.3) is 5.52 Å². The lowest BCUT2D eigenvalue weighted by molar-refractivity contribution is -0.0566. The Balaban J connectivity index is 2.20. The molecule has 0 spiro atoms. The highest BCUT2D eigenvalue weighted by Gasteiger charge is 2.58. The summed E-state index contributed by atoms with van der Waals surface area (Å²) in [6.07, 6.45) is -3.67. The summed E-state index contributed by atoms with van der Waals surface area (Å²) in [4.78, 5) is 3.80. The van der Waals surface area contributed by atoms with E-state index in [1.807, 2.05) is 0 Å². The van der Waals surface area contributed by atoms with Gasteiger partial charge in [0.1, 0.15) is 30.1 Å². The lowest BCUT2D eigenvalue weighted by Crippen LogP contribution is -2.37. The molecular formula is C12H12FN5O3. The highest BCUT2D eigenvalue weighted by atomic mass is 19.1. The van der Waals surface area contributed by atoms with Crippen molar-refractivity contribution < 1.29 is 19.3 Å². The highest BCUT2D eigenvalue weighted by Crippen LogP contribution is 2.41. The fourth-order valence-corrected chi connectivity index (χ4v) is 2.53. The first-order chi connectivity index (χ1) is 10.0. The Morgan fingerprint density at radius 2 is 2.33 bits per heavy atom. The van der Waals surface area contributed by atoms with Gasteiger partial charge < -0.3 is 20.7 Å². The van der Waals surface area contributed by atoms with Crippen LogP contribution in [0.4, 0.5) is 10.2 Å². The van der Waals surface area contributed by atoms with E-state index in [4.69, 9.17) is 15.6 Å². The molecular weight excluding hydrogens is 281 g/mol. The predicted octanol–water partition coefficient (Wildman–Crippen LogP) is -0.880. The number of anilines is 1. The number of ether oxygens (including phenoxy) is 1. The molecule has 0 radical (unpaired) electrons. The van der Waals surface area contributed by atoms with E-state index in [-0.39, 0.29) is 11.5 Å². The van der Waals surface area contributed by atoms with Gasteiger partial charge in [-0.3, -0.25) is 0 Å². The molecule has 8 nitrogen and oxygen atoms in total. The summed E-state index contributed by atoms with van der Waals surface area (Å²) in [6, 6.07) is 4.70. The summed E-state index contributed by atoms with van der Waals surface area (Å²) < 4.78 is 21.0. The van der Waals surface area contributed by atoms with E-state index < -0.39 is 30.6 Å². The summed E-state index contributed by atoms with van der Waals surface area (Å²) in [5.74, 6) is 0.164. The first kappa shape index (κ1) is 13.7. The highest BCUT2D eigenvalue weighted by molar-refractivity contribution is 5.66. The maximum absolute atomic E-state index is 14.5. The Bertz CT molecular complexity index is 729. The third-order valence-electron chi connectivity index (χ3n) is 3.61. The van der Waals surface area contributed by atoms with E-state index in [9.17, 15) is 14.8 Å². The fraction of sp³-hybridized carbons (Fsp3) is 0.417. The molecule has 2 aromatic rings. The quantitative estimate of drug-likeness (QED) is 0.655. The Morgan fingerprint density at radius 1 is 1.57 bits per heavy atom. The predicted molar refractivity (Wildman–Crippen MR) is 67.6 cm³/mol. The largest absolute Gasteiger partial charge is 0.394 e. The van der Waals surface area contributed by atoms with Crippen molar-refractivity contribution in [2.45, 2.75) is 24.0 Å².